The predicted molar refractivity (Wildman–Crippen MR) is 143 cm³/mol. The SMILES string of the molecule is CCc1c(C#N)c(SC(C(N)=O)c2ccccc2)nc(N2CCN(C(=O)C3(N)CCOCC3)CC2)c1C#N. The van der Waals surface area contributed by atoms with Crippen molar-refractivity contribution in [1.29, 1.82) is 10.5 Å². The summed E-state index contributed by atoms with van der Waals surface area (Å²) in [4.78, 5) is 34.1. The van der Waals surface area contributed by atoms with Crippen molar-refractivity contribution in [3.05, 3.63) is 52.6 Å². The van der Waals surface area contributed by atoms with Crippen molar-refractivity contribution >= 4 is 29.4 Å². The van der Waals surface area contributed by atoms with Crippen LogP contribution in [-0.2, 0) is 20.7 Å². The number of thioether (sulfide) groups is 1. The van der Waals surface area contributed by atoms with E-state index in [1.165, 1.54) is 0 Å². The summed E-state index contributed by atoms with van der Waals surface area (Å²) < 4.78 is 5.37. The number of pyridine rings is 1. The average Bonchev–Trinajstić information content (AvgIpc) is 2.95. The molecule has 0 aliphatic carbocycles. The molecule has 2 aliphatic rings. The Bertz CT molecular complexity index is 1270. The molecule has 198 valence electrons. The van der Waals surface area contributed by atoms with Gasteiger partial charge in [0.25, 0.3) is 0 Å². The van der Waals surface area contributed by atoms with Crippen molar-refractivity contribution in [1.82, 2.24) is 9.88 Å². The Morgan fingerprint density at radius 2 is 1.74 bits per heavy atom. The predicted octanol–water partition coefficient (Wildman–Crippen LogP) is 1.86. The Labute approximate surface area is 226 Å². The summed E-state index contributed by atoms with van der Waals surface area (Å²) in [6.07, 6.45) is 1.42. The van der Waals surface area contributed by atoms with Gasteiger partial charge in [-0.1, -0.05) is 49.0 Å². The summed E-state index contributed by atoms with van der Waals surface area (Å²) in [5.74, 6) is -0.180. The molecule has 1 unspecified atom stereocenters. The minimum atomic E-state index is -0.911. The normalized spacial score (nSPS) is 17.8. The minimum Gasteiger partial charge on any atom is -0.381 e. The topological polar surface area (TPSA) is 162 Å². The molecule has 4 rings (SSSR count). The number of nitriles is 2. The van der Waals surface area contributed by atoms with Gasteiger partial charge >= 0.3 is 0 Å². The molecular weight excluding hydrogens is 502 g/mol. The molecule has 1 atom stereocenters. The highest BCUT2D eigenvalue weighted by molar-refractivity contribution is 8.00. The van der Waals surface area contributed by atoms with Gasteiger partial charge in [0.1, 0.15) is 28.2 Å². The third-order valence-electron chi connectivity index (χ3n) is 7.09. The Morgan fingerprint density at radius 1 is 1.11 bits per heavy atom. The van der Waals surface area contributed by atoms with Crippen LogP contribution in [0.3, 0.4) is 0 Å². The highest BCUT2D eigenvalue weighted by Gasteiger charge is 2.40. The summed E-state index contributed by atoms with van der Waals surface area (Å²) in [5, 5.41) is 19.7. The maximum Gasteiger partial charge on any atom is 0.242 e. The highest BCUT2D eigenvalue weighted by Crippen LogP contribution is 2.39. The number of benzene rings is 1. The van der Waals surface area contributed by atoms with Crippen molar-refractivity contribution in [2.75, 3.05) is 44.3 Å². The van der Waals surface area contributed by atoms with E-state index in [0.717, 1.165) is 11.8 Å². The van der Waals surface area contributed by atoms with E-state index in [1.54, 1.807) is 17.0 Å². The molecule has 0 radical (unpaired) electrons. The van der Waals surface area contributed by atoms with Crippen LogP contribution in [0, 0.1) is 22.7 Å². The molecule has 2 fully saturated rings. The van der Waals surface area contributed by atoms with Gasteiger partial charge in [-0.05, 0) is 30.4 Å². The quantitative estimate of drug-likeness (QED) is 0.506. The van der Waals surface area contributed by atoms with Crippen molar-refractivity contribution < 1.29 is 14.3 Å². The summed E-state index contributed by atoms with van der Waals surface area (Å²) in [6, 6.07) is 13.5. The Balaban J connectivity index is 1.64. The standard InChI is InChI=1S/C27H31N7O3S/c1-2-19-20(16-28)24(33-10-12-34(13-11-33)26(36)27(31)8-14-37-15-9-27)32-25(21(19)17-29)38-22(23(30)35)18-6-4-3-5-7-18/h3-7,22H,2,8-15,31H2,1H3,(H2,30,35). The number of anilines is 1. The average molecular weight is 534 g/mol. The number of rotatable bonds is 7. The lowest BCUT2D eigenvalue weighted by Crippen LogP contribution is -2.61. The number of ether oxygens (including phenoxy) is 1. The molecular formula is C27H31N7O3S. The molecule has 1 aromatic heterocycles. The fraction of sp³-hybridized carbons (Fsp3) is 0.444. The molecule has 2 amide bonds. The third-order valence-corrected chi connectivity index (χ3v) is 8.35. The van der Waals surface area contributed by atoms with Gasteiger partial charge < -0.3 is 26.0 Å². The summed E-state index contributed by atoms with van der Waals surface area (Å²) in [7, 11) is 0. The fourth-order valence-electron chi connectivity index (χ4n) is 4.91. The maximum atomic E-state index is 13.2. The first kappa shape index (κ1) is 27.4. The molecule has 2 aliphatic heterocycles. The number of hydrogen-bond donors (Lipinski definition) is 2. The first-order valence-corrected chi connectivity index (χ1v) is 13.5. The number of hydrogen-bond acceptors (Lipinski definition) is 9. The summed E-state index contributed by atoms with van der Waals surface area (Å²) in [5.41, 5.74) is 13.2. The van der Waals surface area contributed by atoms with Crippen molar-refractivity contribution in [3.8, 4) is 12.1 Å². The van der Waals surface area contributed by atoms with E-state index in [-0.39, 0.29) is 11.5 Å². The van der Waals surface area contributed by atoms with Crippen molar-refractivity contribution in [3.63, 3.8) is 0 Å². The van der Waals surface area contributed by atoms with Gasteiger partial charge in [0.2, 0.25) is 11.8 Å². The molecule has 10 nitrogen and oxygen atoms in total. The molecule has 0 bridgehead atoms. The van der Waals surface area contributed by atoms with Crippen LogP contribution in [0.25, 0.3) is 0 Å². The zero-order valence-corrected chi connectivity index (χ0v) is 22.2. The second-order valence-corrected chi connectivity index (χ2v) is 10.5. The fourth-order valence-corrected chi connectivity index (χ4v) is 5.97. The number of piperazine rings is 1. The minimum absolute atomic E-state index is 0.0774. The molecule has 1 aromatic carbocycles. The lowest BCUT2D eigenvalue weighted by molar-refractivity contribution is -0.140. The highest BCUT2D eigenvalue weighted by atomic mass is 32.2. The Kier molecular flexibility index (Phi) is 8.52. The number of nitrogens with two attached hydrogens (primary N) is 2. The first-order chi connectivity index (χ1) is 18.3. The van der Waals surface area contributed by atoms with Crippen LogP contribution in [0.5, 0.6) is 0 Å². The molecule has 11 heteroatoms. The van der Waals surface area contributed by atoms with Gasteiger partial charge in [0, 0.05) is 39.4 Å². The van der Waals surface area contributed by atoms with Gasteiger partial charge in [-0.2, -0.15) is 10.5 Å². The lowest BCUT2D eigenvalue weighted by Gasteiger charge is -2.41. The number of nitrogens with zero attached hydrogens (tertiary/aromatic N) is 5. The van der Waals surface area contributed by atoms with E-state index >= 15 is 0 Å². The first-order valence-electron chi connectivity index (χ1n) is 12.6. The van der Waals surface area contributed by atoms with Crippen LogP contribution in [0.2, 0.25) is 0 Å². The van der Waals surface area contributed by atoms with Crippen LogP contribution in [0.4, 0.5) is 5.82 Å². The molecule has 2 saturated heterocycles. The van der Waals surface area contributed by atoms with E-state index in [2.05, 4.69) is 12.1 Å². The van der Waals surface area contributed by atoms with E-state index in [9.17, 15) is 20.1 Å². The van der Waals surface area contributed by atoms with E-state index in [1.807, 2.05) is 30.0 Å². The van der Waals surface area contributed by atoms with Crippen molar-refractivity contribution in [2.45, 2.75) is 42.0 Å². The van der Waals surface area contributed by atoms with Crippen LogP contribution >= 0.6 is 11.8 Å². The maximum absolute atomic E-state index is 13.2. The summed E-state index contributed by atoms with van der Waals surface area (Å²) >= 11 is 1.11. The Hall–Kier alpha value is -3.64. The zero-order chi connectivity index (χ0) is 27.3. The van der Waals surface area contributed by atoms with Crippen molar-refractivity contribution in [2.24, 2.45) is 11.5 Å². The monoisotopic (exact) mass is 533 g/mol. The largest absolute Gasteiger partial charge is 0.381 e. The van der Waals surface area contributed by atoms with Crippen LogP contribution in [-0.4, -0.2) is 66.6 Å². The smallest absolute Gasteiger partial charge is 0.242 e. The van der Waals surface area contributed by atoms with Gasteiger partial charge in [-0.25, -0.2) is 4.98 Å². The number of carbonyl (C=O) groups is 2. The second-order valence-electron chi connectivity index (χ2n) is 9.40. The zero-order valence-electron chi connectivity index (χ0n) is 21.4. The number of carbonyl (C=O) groups excluding carboxylic acids is 2. The molecule has 2 aromatic rings. The van der Waals surface area contributed by atoms with Gasteiger partial charge in [0.15, 0.2) is 0 Å². The lowest BCUT2D eigenvalue weighted by atomic mass is 9.89. The number of primary amides is 1. The van der Waals surface area contributed by atoms with Crippen LogP contribution in [0.1, 0.15) is 47.3 Å². The molecule has 3 heterocycles. The summed E-state index contributed by atoms with van der Waals surface area (Å²) in [6.45, 7) is 4.60. The van der Waals surface area contributed by atoms with E-state index in [0.29, 0.717) is 86.2 Å². The van der Waals surface area contributed by atoms with E-state index < -0.39 is 16.7 Å². The van der Waals surface area contributed by atoms with Gasteiger partial charge in [0.05, 0.1) is 16.7 Å². The molecule has 38 heavy (non-hydrogen) atoms. The molecule has 4 N–H and O–H groups in total. The number of amides is 2. The van der Waals surface area contributed by atoms with E-state index in [4.69, 9.17) is 21.2 Å². The Morgan fingerprint density at radius 3 is 2.29 bits per heavy atom. The van der Waals surface area contributed by atoms with Gasteiger partial charge in [-0.15, -0.1) is 0 Å². The third kappa shape index (κ3) is 5.46. The second kappa shape index (κ2) is 11.8. The van der Waals surface area contributed by atoms with Crippen LogP contribution < -0.4 is 16.4 Å². The van der Waals surface area contributed by atoms with Crippen LogP contribution in [0.15, 0.2) is 35.4 Å². The van der Waals surface area contributed by atoms with Gasteiger partial charge in [-0.3, -0.25) is 9.59 Å². The molecule has 0 saturated carbocycles. The molecule has 0 spiro atoms. The number of aromatic nitrogens is 1.